The lowest BCUT2D eigenvalue weighted by Crippen LogP contribution is -2.30. The van der Waals surface area contributed by atoms with Crippen molar-refractivity contribution < 1.29 is 9.90 Å². The second-order valence-corrected chi connectivity index (χ2v) is 4.74. The summed E-state index contributed by atoms with van der Waals surface area (Å²) in [5.41, 5.74) is 1.90. The molecule has 98 valence electrons. The molecule has 2 heterocycles. The molecule has 2 aromatic rings. The first-order valence-corrected chi connectivity index (χ1v) is 6.32. The molecule has 1 atom stereocenters. The zero-order valence-corrected chi connectivity index (χ0v) is 10.4. The van der Waals surface area contributed by atoms with Gasteiger partial charge in [-0.1, -0.05) is 18.2 Å². The number of anilines is 1. The van der Waals surface area contributed by atoms with Gasteiger partial charge in [0, 0.05) is 30.7 Å². The molecule has 2 N–H and O–H groups in total. The Hall–Kier alpha value is -2.30. The van der Waals surface area contributed by atoms with Gasteiger partial charge < -0.3 is 15.3 Å². The van der Waals surface area contributed by atoms with Crippen molar-refractivity contribution in [1.29, 1.82) is 0 Å². The molecule has 0 aliphatic carbocycles. The minimum atomic E-state index is -0.847. The molecule has 1 aliphatic rings. The molecule has 1 fully saturated rings. The van der Waals surface area contributed by atoms with Crippen molar-refractivity contribution >= 4 is 22.7 Å². The predicted octanol–water partition coefficient (Wildman–Crippen LogP) is 2.40. The van der Waals surface area contributed by atoms with Crippen LogP contribution in [0.25, 0.3) is 10.9 Å². The Labute approximate surface area is 110 Å². The predicted molar refractivity (Wildman–Crippen MR) is 73.4 cm³/mol. The number of carbonyl (C=O) groups is 1. The first-order chi connectivity index (χ1) is 9.24. The third kappa shape index (κ3) is 2.31. The van der Waals surface area contributed by atoms with Crippen molar-refractivity contribution in [3.63, 3.8) is 0 Å². The van der Waals surface area contributed by atoms with Crippen LogP contribution in [0.2, 0.25) is 0 Å². The molecular formula is C14H15N3O2. The molecular weight excluding hydrogens is 242 g/mol. The van der Waals surface area contributed by atoms with Crippen molar-refractivity contribution in [2.24, 2.45) is 0 Å². The van der Waals surface area contributed by atoms with E-state index in [1.165, 1.54) is 4.90 Å². The summed E-state index contributed by atoms with van der Waals surface area (Å²) in [5.74, 6) is 0. The molecule has 0 unspecified atom stereocenters. The second kappa shape index (κ2) is 4.76. The fourth-order valence-corrected chi connectivity index (χ4v) is 2.49. The average Bonchev–Trinajstić information content (AvgIpc) is 2.88. The van der Waals surface area contributed by atoms with Crippen LogP contribution in [0.3, 0.4) is 0 Å². The van der Waals surface area contributed by atoms with Crippen LogP contribution in [-0.4, -0.2) is 40.2 Å². The van der Waals surface area contributed by atoms with Crippen molar-refractivity contribution in [1.82, 2.24) is 9.88 Å². The quantitative estimate of drug-likeness (QED) is 0.867. The fourth-order valence-electron chi connectivity index (χ4n) is 2.49. The molecule has 3 rings (SSSR count). The molecule has 1 saturated heterocycles. The summed E-state index contributed by atoms with van der Waals surface area (Å²) in [5, 5.41) is 13.4. The molecule has 0 bridgehead atoms. The number of benzene rings is 1. The van der Waals surface area contributed by atoms with Gasteiger partial charge in [0.25, 0.3) is 0 Å². The number of nitrogens with zero attached hydrogens (tertiary/aromatic N) is 2. The summed E-state index contributed by atoms with van der Waals surface area (Å²) in [4.78, 5) is 16.7. The first-order valence-electron chi connectivity index (χ1n) is 6.32. The summed E-state index contributed by atoms with van der Waals surface area (Å²) in [6.45, 7) is 1.11. The van der Waals surface area contributed by atoms with Crippen LogP contribution in [0.5, 0.6) is 0 Å². The Bertz CT molecular complexity index is 609. The summed E-state index contributed by atoms with van der Waals surface area (Å²) in [6.07, 6.45) is 1.75. The molecule has 1 aromatic heterocycles. The third-order valence-electron chi connectivity index (χ3n) is 3.45. The number of hydrogen-bond donors (Lipinski definition) is 2. The number of nitrogens with one attached hydrogen (secondary N) is 1. The number of rotatable bonds is 2. The molecule has 1 aliphatic heterocycles. The van der Waals surface area contributed by atoms with Gasteiger partial charge in [-0.05, 0) is 18.6 Å². The number of amides is 1. The van der Waals surface area contributed by atoms with Crippen molar-refractivity contribution in [3.05, 3.63) is 36.5 Å². The third-order valence-corrected chi connectivity index (χ3v) is 3.45. The topological polar surface area (TPSA) is 65.5 Å². The molecule has 0 saturated carbocycles. The van der Waals surface area contributed by atoms with Gasteiger partial charge in [0.05, 0.1) is 11.2 Å². The monoisotopic (exact) mass is 257 g/mol. The van der Waals surface area contributed by atoms with Gasteiger partial charge in [-0.3, -0.25) is 4.98 Å². The smallest absolute Gasteiger partial charge is 0.407 e. The number of likely N-dealkylation sites (tertiary alicyclic amines) is 1. The van der Waals surface area contributed by atoms with Crippen LogP contribution in [0.4, 0.5) is 10.5 Å². The van der Waals surface area contributed by atoms with Crippen LogP contribution < -0.4 is 5.32 Å². The number of para-hydroxylation sites is 1. The maximum Gasteiger partial charge on any atom is 0.407 e. The Balaban J connectivity index is 1.81. The highest BCUT2D eigenvalue weighted by molar-refractivity contribution is 5.90. The largest absolute Gasteiger partial charge is 0.465 e. The molecule has 5 heteroatoms. The van der Waals surface area contributed by atoms with E-state index in [1.807, 2.05) is 30.3 Å². The fraction of sp³-hybridized carbons (Fsp3) is 0.286. The Morgan fingerprint density at radius 3 is 3.00 bits per heavy atom. The summed E-state index contributed by atoms with van der Waals surface area (Å²) < 4.78 is 0. The van der Waals surface area contributed by atoms with Gasteiger partial charge in [0.2, 0.25) is 0 Å². The van der Waals surface area contributed by atoms with Gasteiger partial charge >= 0.3 is 6.09 Å². The number of aromatic nitrogens is 1. The molecule has 0 spiro atoms. The van der Waals surface area contributed by atoms with Crippen LogP contribution in [0.1, 0.15) is 6.42 Å². The Kier molecular flexibility index (Phi) is 2.95. The Morgan fingerprint density at radius 1 is 1.37 bits per heavy atom. The molecule has 19 heavy (non-hydrogen) atoms. The maximum absolute atomic E-state index is 10.9. The van der Waals surface area contributed by atoms with Gasteiger partial charge in [-0.25, -0.2) is 4.79 Å². The molecule has 1 aromatic carbocycles. The second-order valence-electron chi connectivity index (χ2n) is 4.74. The van der Waals surface area contributed by atoms with Gasteiger partial charge in [-0.15, -0.1) is 0 Å². The van der Waals surface area contributed by atoms with E-state index in [2.05, 4.69) is 10.3 Å². The van der Waals surface area contributed by atoms with E-state index >= 15 is 0 Å². The minimum Gasteiger partial charge on any atom is -0.465 e. The van der Waals surface area contributed by atoms with Crippen LogP contribution in [0, 0.1) is 0 Å². The summed E-state index contributed by atoms with van der Waals surface area (Å²) >= 11 is 0. The van der Waals surface area contributed by atoms with Crippen molar-refractivity contribution in [2.45, 2.75) is 12.5 Å². The normalized spacial score (nSPS) is 18.7. The number of carboxylic acid groups (broad SMARTS) is 1. The van der Waals surface area contributed by atoms with Crippen LogP contribution in [-0.2, 0) is 0 Å². The lowest BCUT2D eigenvalue weighted by atomic mass is 10.1. The Morgan fingerprint density at radius 2 is 2.21 bits per heavy atom. The van der Waals surface area contributed by atoms with E-state index in [0.29, 0.717) is 13.1 Å². The SMILES string of the molecule is O=C(O)N1CC[C@@H](Nc2cccc3cccnc23)C1. The molecule has 1 amide bonds. The summed E-state index contributed by atoms with van der Waals surface area (Å²) in [6, 6.07) is 10.1. The molecule has 0 radical (unpaired) electrons. The van der Waals surface area contributed by atoms with E-state index < -0.39 is 6.09 Å². The summed E-state index contributed by atoms with van der Waals surface area (Å²) in [7, 11) is 0. The molecule has 5 nitrogen and oxygen atoms in total. The highest BCUT2D eigenvalue weighted by Gasteiger charge is 2.25. The van der Waals surface area contributed by atoms with E-state index in [4.69, 9.17) is 5.11 Å². The highest BCUT2D eigenvalue weighted by atomic mass is 16.4. The zero-order valence-electron chi connectivity index (χ0n) is 10.4. The van der Waals surface area contributed by atoms with Gasteiger partial charge in [0.15, 0.2) is 0 Å². The number of hydrogen-bond acceptors (Lipinski definition) is 3. The lowest BCUT2D eigenvalue weighted by Gasteiger charge is -2.16. The van der Waals surface area contributed by atoms with Crippen LogP contribution >= 0.6 is 0 Å². The van der Waals surface area contributed by atoms with Crippen LogP contribution in [0.15, 0.2) is 36.5 Å². The number of fused-ring (bicyclic) bond motifs is 1. The van der Waals surface area contributed by atoms with E-state index in [-0.39, 0.29) is 6.04 Å². The van der Waals surface area contributed by atoms with Gasteiger partial charge in [-0.2, -0.15) is 0 Å². The average molecular weight is 257 g/mol. The standard InChI is InChI=1S/C14H15N3O2/c18-14(19)17-8-6-11(9-17)16-12-5-1-3-10-4-2-7-15-13(10)12/h1-5,7,11,16H,6,8-9H2,(H,18,19)/t11-/m1/s1. The van der Waals surface area contributed by atoms with Crippen molar-refractivity contribution in [2.75, 3.05) is 18.4 Å². The van der Waals surface area contributed by atoms with E-state index in [1.54, 1.807) is 6.20 Å². The maximum atomic E-state index is 10.9. The minimum absolute atomic E-state index is 0.156. The van der Waals surface area contributed by atoms with E-state index in [0.717, 1.165) is 23.0 Å². The van der Waals surface area contributed by atoms with Gasteiger partial charge in [0.1, 0.15) is 0 Å². The van der Waals surface area contributed by atoms with E-state index in [9.17, 15) is 4.79 Å². The number of pyridine rings is 1. The lowest BCUT2D eigenvalue weighted by molar-refractivity contribution is 0.155. The van der Waals surface area contributed by atoms with Crippen molar-refractivity contribution in [3.8, 4) is 0 Å². The first kappa shape index (κ1) is 11.8. The highest BCUT2D eigenvalue weighted by Crippen LogP contribution is 2.23. The zero-order chi connectivity index (χ0) is 13.2.